The first-order valence-electron chi connectivity index (χ1n) is 9.07. The van der Waals surface area contributed by atoms with Crippen molar-refractivity contribution in [3.63, 3.8) is 0 Å². The Morgan fingerprint density at radius 1 is 1.11 bits per heavy atom. The van der Waals surface area contributed by atoms with Crippen LogP contribution in [0.4, 0.5) is 0 Å². The normalized spacial score (nSPS) is 16.7. The molecule has 2 aromatic rings. The zero-order valence-corrected chi connectivity index (χ0v) is 17.3. The number of nitrogens with zero attached hydrogens (tertiary/aromatic N) is 1. The van der Waals surface area contributed by atoms with Gasteiger partial charge < -0.3 is 14.4 Å². The van der Waals surface area contributed by atoms with Gasteiger partial charge in [-0.1, -0.05) is 44.5 Å². The molecule has 1 amide bonds. The van der Waals surface area contributed by atoms with Crippen LogP contribution in [0.2, 0.25) is 5.02 Å². The van der Waals surface area contributed by atoms with Gasteiger partial charge in [0.2, 0.25) is 5.91 Å². The fourth-order valence-electron chi connectivity index (χ4n) is 3.63. The zero-order chi connectivity index (χ0) is 19.8. The number of hydrogen-bond acceptors (Lipinski definition) is 3. The summed E-state index contributed by atoms with van der Waals surface area (Å²) < 4.78 is 11.0. The first-order valence-corrected chi connectivity index (χ1v) is 9.45. The highest BCUT2D eigenvalue weighted by Crippen LogP contribution is 2.42. The third-order valence-electron chi connectivity index (χ3n) is 4.94. The summed E-state index contributed by atoms with van der Waals surface area (Å²) in [5.41, 5.74) is 2.74. The van der Waals surface area contributed by atoms with E-state index in [1.54, 1.807) is 14.2 Å². The molecule has 1 atom stereocenters. The van der Waals surface area contributed by atoms with E-state index in [4.69, 9.17) is 21.1 Å². The number of fused-ring (bicyclic) bond motifs is 1. The molecule has 5 heteroatoms. The number of methoxy groups -OCH3 is 2. The van der Waals surface area contributed by atoms with Crippen molar-refractivity contribution in [1.82, 2.24) is 4.90 Å². The van der Waals surface area contributed by atoms with Gasteiger partial charge in [0, 0.05) is 17.0 Å². The highest BCUT2D eigenvalue weighted by molar-refractivity contribution is 6.30. The summed E-state index contributed by atoms with van der Waals surface area (Å²) in [6, 6.07) is 11.5. The molecule has 1 heterocycles. The van der Waals surface area contributed by atoms with Gasteiger partial charge in [-0.2, -0.15) is 0 Å². The Morgan fingerprint density at radius 3 is 2.37 bits per heavy atom. The van der Waals surface area contributed by atoms with E-state index in [9.17, 15) is 4.79 Å². The smallest absolute Gasteiger partial charge is 0.228 e. The fourth-order valence-corrected chi connectivity index (χ4v) is 3.83. The molecule has 0 aromatic heterocycles. The highest BCUT2D eigenvalue weighted by atomic mass is 35.5. The summed E-state index contributed by atoms with van der Waals surface area (Å²) in [5, 5.41) is 0.656. The average Bonchev–Trinajstić information content (AvgIpc) is 2.64. The number of amides is 1. The number of carbonyl (C=O) groups is 1. The Hall–Kier alpha value is -2.20. The van der Waals surface area contributed by atoms with Gasteiger partial charge >= 0.3 is 0 Å². The molecule has 0 aliphatic carbocycles. The second-order valence-electron chi connectivity index (χ2n) is 7.86. The second kappa shape index (κ2) is 7.43. The summed E-state index contributed by atoms with van der Waals surface area (Å²) in [7, 11) is 3.26. The minimum Gasteiger partial charge on any atom is -0.493 e. The summed E-state index contributed by atoms with van der Waals surface area (Å²) in [6.45, 7) is 6.51. The molecule has 4 nitrogen and oxygen atoms in total. The van der Waals surface area contributed by atoms with E-state index in [0.717, 1.165) is 23.1 Å². The van der Waals surface area contributed by atoms with Crippen LogP contribution in [0.3, 0.4) is 0 Å². The van der Waals surface area contributed by atoms with Crippen LogP contribution in [0.15, 0.2) is 36.4 Å². The topological polar surface area (TPSA) is 38.8 Å². The van der Waals surface area contributed by atoms with Crippen molar-refractivity contribution < 1.29 is 14.3 Å². The predicted octanol–water partition coefficient (Wildman–Crippen LogP) is 4.88. The van der Waals surface area contributed by atoms with Gasteiger partial charge in [0.1, 0.15) is 0 Å². The van der Waals surface area contributed by atoms with E-state index < -0.39 is 5.41 Å². The molecule has 0 fully saturated rings. The number of rotatable bonds is 3. The molecule has 2 aromatic carbocycles. The molecule has 0 bridgehead atoms. The van der Waals surface area contributed by atoms with Crippen molar-refractivity contribution in [2.75, 3.05) is 20.8 Å². The third-order valence-corrected chi connectivity index (χ3v) is 5.18. The third kappa shape index (κ3) is 3.77. The number of hydrogen-bond donors (Lipinski definition) is 0. The van der Waals surface area contributed by atoms with Gasteiger partial charge in [-0.25, -0.2) is 0 Å². The molecule has 144 valence electrons. The van der Waals surface area contributed by atoms with Crippen LogP contribution in [-0.2, 0) is 11.2 Å². The van der Waals surface area contributed by atoms with Gasteiger partial charge in [0.15, 0.2) is 11.5 Å². The lowest BCUT2D eigenvalue weighted by Crippen LogP contribution is -2.45. The molecule has 1 aliphatic heterocycles. The molecule has 0 saturated heterocycles. The molecule has 1 aliphatic rings. The van der Waals surface area contributed by atoms with Crippen molar-refractivity contribution >= 4 is 17.5 Å². The molecular formula is C22H26ClNO3. The summed E-state index contributed by atoms with van der Waals surface area (Å²) in [6.07, 6.45) is 0.772. The van der Waals surface area contributed by atoms with Crippen molar-refractivity contribution in [3.8, 4) is 11.5 Å². The largest absolute Gasteiger partial charge is 0.493 e. The average molecular weight is 388 g/mol. The van der Waals surface area contributed by atoms with Gasteiger partial charge in [0.25, 0.3) is 0 Å². The zero-order valence-electron chi connectivity index (χ0n) is 16.5. The minimum atomic E-state index is -0.467. The molecule has 27 heavy (non-hydrogen) atoms. The van der Waals surface area contributed by atoms with Crippen LogP contribution in [-0.4, -0.2) is 31.6 Å². The van der Waals surface area contributed by atoms with Crippen molar-refractivity contribution in [2.45, 2.75) is 33.2 Å². The highest BCUT2D eigenvalue weighted by Gasteiger charge is 2.37. The Balaban J connectivity index is 2.19. The molecule has 0 radical (unpaired) electrons. The lowest BCUT2D eigenvalue weighted by atomic mass is 9.85. The van der Waals surface area contributed by atoms with Gasteiger partial charge in [-0.15, -0.1) is 0 Å². The summed E-state index contributed by atoms with van der Waals surface area (Å²) >= 11 is 6.27. The maximum atomic E-state index is 13.2. The Bertz CT molecular complexity index is 857. The lowest BCUT2D eigenvalue weighted by Gasteiger charge is -2.41. The molecule has 0 saturated carbocycles. The molecular weight excluding hydrogens is 362 g/mol. The van der Waals surface area contributed by atoms with E-state index in [1.165, 1.54) is 0 Å². The molecule has 0 unspecified atom stereocenters. The second-order valence-corrected chi connectivity index (χ2v) is 8.30. The van der Waals surface area contributed by atoms with Crippen molar-refractivity contribution in [1.29, 1.82) is 0 Å². The van der Waals surface area contributed by atoms with Crippen LogP contribution < -0.4 is 9.47 Å². The molecule has 0 spiro atoms. The van der Waals surface area contributed by atoms with Crippen LogP contribution in [0.5, 0.6) is 11.5 Å². The first kappa shape index (κ1) is 19.6. The van der Waals surface area contributed by atoms with E-state index in [-0.39, 0.29) is 11.9 Å². The van der Waals surface area contributed by atoms with E-state index in [0.29, 0.717) is 23.1 Å². The quantitative estimate of drug-likeness (QED) is 0.753. The van der Waals surface area contributed by atoms with Gasteiger partial charge in [0.05, 0.1) is 20.3 Å². The minimum absolute atomic E-state index is 0.118. The van der Waals surface area contributed by atoms with E-state index in [1.807, 2.05) is 62.1 Å². The fraction of sp³-hybridized carbons (Fsp3) is 0.409. The summed E-state index contributed by atoms with van der Waals surface area (Å²) in [5.74, 6) is 1.48. The number of ether oxygens (including phenoxy) is 2. The number of halogens is 1. The van der Waals surface area contributed by atoms with Crippen LogP contribution >= 0.6 is 11.6 Å². The van der Waals surface area contributed by atoms with Crippen molar-refractivity contribution in [2.24, 2.45) is 5.41 Å². The monoisotopic (exact) mass is 387 g/mol. The number of carbonyl (C=O) groups excluding carboxylic acids is 1. The number of benzene rings is 2. The predicted molar refractivity (Wildman–Crippen MR) is 108 cm³/mol. The van der Waals surface area contributed by atoms with Gasteiger partial charge in [-0.05, 0) is 47.4 Å². The SMILES string of the molecule is COc1cc2c(cc1OC)[C@H](c1cccc(Cl)c1)N(C(=O)C(C)(C)C)CC2. The van der Waals surface area contributed by atoms with E-state index >= 15 is 0 Å². The van der Waals surface area contributed by atoms with Crippen LogP contribution in [0, 0.1) is 5.41 Å². The summed E-state index contributed by atoms with van der Waals surface area (Å²) in [4.78, 5) is 15.2. The maximum Gasteiger partial charge on any atom is 0.228 e. The first-order chi connectivity index (χ1) is 12.8. The lowest BCUT2D eigenvalue weighted by molar-refractivity contribution is -0.141. The van der Waals surface area contributed by atoms with Crippen LogP contribution in [0.1, 0.15) is 43.5 Å². The van der Waals surface area contributed by atoms with Crippen LogP contribution in [0.25, 0.3) is 0 Å². The van der Waals surface area contributed by atoms with Crippen molar-refractivity contribution in [3.05, 3.63) is 58.1 Å². The van der Waals surface area contributed by atoms with E-state index in [2.05, 4.69) is 0 Å². The molecule has 3 rings (SSSR count). The Kier molecular flexibility index (Phi) is 5.38. The van der Waals surface area contributed by atoms with Gasteiger partial charge in [-0.3, -0.25) is 4.79 Å². The maximum absolute atomic E-state index is 13.2. The Labute approximate surface area is 166 Å². The molecule has 0 N–H and O–H groups in total. The Morgan fingerprint density at radius 2 is 1.78 bits per heavy atom. The standard InChI is InChI=1S/C22H26ClNO3/c1-22(2,3)21(25)24-10-9-14-12-18(26-4)19(27-5)13-17(14)20(24)15-7-6-8-16(23)11-15/h6-8,11-13,20H,9-10H2,1-5H3/t20-/m0/s1.